The fourth-order valence-corrected chi connectivity index (χ4v) is 2.70. The zero-order chi connectivity index (χ0) is 11.5. The first-order valence-electron chi connectivity index (χ1n) is 4.86. The van der Waals surface area contributed by atoms with Crippen molar-refractivity contribution in [3.05, 3.63) is 0 Å². The summed E-state index contributed by atoms with van der Waals surface area (Å²) in [7, 11) is 0. The van der Waals surface area contributed by atoms with E-state index in [1.165, 1.54) is 4.31 Å². The van der Waals surface area contributed by atoms with Gasteiger partial charge in [0.1, 0.15) is 6.29 Å². The summed E-state index contributed by atoms with van der Waals surface area (Å²) in [5.41, 5.74) is 0. The number of rotatable bonds is 4. The molecule has 0 bridgehead atoms. The Kier molecular flexibility index (Phi) is 4.50. The molecule has 0 aromatic rings. The Morgan fingerprint density at radius 2 is 2.27 bits per heavy atom. The smallest absolute Gasteiger partial charge is 0.158 e. The molecule has 1 rings (SSSR count). The fourth-order valence-electron chi connectivity index (χ4n) is 1.38. The van der Waals surface area contributed by atoms with Crippen LogP contribution < -0.4 is 5.32 Å². The molecule has 90 valence electrons. The quantitative estimate of drug-likeness (QED) is 0.617. The molecule has 6 nitrogen and oxygen atoms in total. The number of nitrogens with one attached hydrogen (secondary N) is 1. The van der Waals surface area contributed by atoms with Crippen LogP contribution in [-0.4, -0.2) is 51.5 Å². The minimum absolute atomic E-state index is 0.262. The number of piperazine rings is 1. The van der Waals surface area contributed by atoms with Crippen molar-refractivity contribution in [1.29, 1.82) is 0 Å². The molecule has 1 aliphatic rings. The summed E-state index contributed by atoms with van der Waals surface area (Å²) in [5.74, 6) is 0. The van der Waals surface area contributed by atoms with E-state index in [1.54, 1.807) is 13.8 Å². The normalized spacial score (nSPS) is 25.5. The first-order valence-corrected chi connectivity index (χ1v) is 6.29. The highest BCUT2D eigenvalue weighted by Gasteiger charge is 2.33. The molecule has 0 saturated carbocycles. The maximum absolute atomic E-state index is 10.6. The van der Waals surface area contributed by atoms with Gasteiger partial charge in [-0.1, -0.05) is 0 Å². The van der Waals surface area contributed by atoms with E-state index >= 15 is 0 Å². The van der Waals surface area contributed by atoms with Crippen LogP contribution in [0.4, 0.5) is 0 Å². The van der Waals surface area contributed by atoms with Crippen molar-refractivity contribution >= 4 is 17.3 Å². The van der Waals surface area contributed by atoms with Gasteiger partial charge in [0.25, 0.3) is 0 Å². The number of carbonyl (C=O) groups is 1. The molecular formula is C8H18N2O4S. The van der Waals surface area contributed by atoms with Crippen LogP contribution >= 0.6 is 11.1 Å². The Bertz CT molecular complexity index is 225. The van der Waals surface area contributed by atoms with Crippen molar-refractivity contribution in [3.63, 3.8) is 0 Å². The molecular weight excluding hydrogens is 220 g/mol. The summed E-state index contributed by atoms with van der Waals surface area (Å²) >= 11 is -3.19. The van der Waals surface area contributed by atoms with Crippen molar-refractivity contribution in [1.82, 2.24) is 9.62 Å². The number of nitrogens with zero attached hydrogens (tertiary/aromatic N) is 1. The highest BCUT2D eigenvalue weighted by molar-refractivity contribution is 8.18. The summed E-state index contributed by atoms with van der Waals surface area (Å²) in [6.07, 6.45) is 0.497. The molecule has 0 aromatic carbocycles. The van der Waals surface area contributed by atoms with Gasteiger partial charge in [0.2, 0.25) is 0 Å². The predicted octanol–water partition coefficient (Wildman–Crippen LogP) is 0.465. The van der Waals surface area contributed by atoms with Gasteiger partial charge in [0, 0.05) is 19.6 Å². The fraction of sp³-hybridized carbons (Fsp3) is 0.875. The molecule has 3 N–H and O–H groups in total. The molecule has 0 radical (unpaired) electrons. The van der Waals surface area contributed by atoms with E-state index in [4.69, 9.17) is 4.18 Å². The van der Waals surface area contributed by atoms with E-state index in [1.807, 2.05) is 0 Å². The summed E-state index contributed by atoms with van der Waals surface area (Å²) in [6, 6.07) is -0.360. The van der Waals surface area contributed by atoms with E-state index in [-0.39, 0.29) is 18.7 Å². The van der Waals surface area contributed by atoms with Crippen LogP contribution in [0.2, 0.25) is 0 Å². The van der Waals surface area contributed by atoms with Gasteiger partial charge in [0.05, 0.1) is 12.1 Å². The lowest BCUT2D eigenvalue weighted by Gasteiger charge is -2.42. The van der Waals surface area contributed by atoms with Crippen LogP contribution in [0.1, 0.15) is 13.8 Å². The minimum Gasteiger partial charge on any atom is -0.305 e. The third kappa shape index (κ3) is 3.71. The zero-order valence-electron chi connectivity index (χ0n) is 8.92. The van der Waals surface area contributed by atoms with Gasteiger partial charge >= 0.3 is 0 Å². The monoisotopic (exact) mass is 238 g/mol. The minimum atomic E-state index is -3.19. The summed E-state index contributed by atoms with van der Waals surface area (Å²) in [4.78, 5) is 10.6. The Labute approximate surface area is 91.3 Å². The second-order valence-electron chi connectivity index (χ2n) is 3.70. The molecule has 0 aliphatic carbocycles. The number of hydrogen-bond acceptors (Lipinski definition) is 6. The van der Waals surface area contributed by atoms with Crippen LogP contribution in [0.15, 0.2) is 0 Å². The first-order chi connectivity index (χ1) is 6.95. The van der Waals surface area contributed by atoms with Crippen LogP contribution in [0, 0.1) is 0 Å². The zero-order valence-corrected chi connectivity index (χ0v) is 9.74. The molecule has 1 aliphatic heterocycles. The third-order valence-corrected chi connectivity index (χ3v) is 3.64. The molecule has 15 heavy (non-hydrogen) atoms. The average Bonchev–Trinajstić information content (AvgIpc) is 2.16. The van der Waals surface area contributed by atoms with Gasteiger partial charge in [-0.25, -0.2) is 4.31 Å². The third-order valence-electron chi connectivity index (χ3n) is 1.99. The Hall–Kier alpha value is -0.180. The van der Waals surface area contributed by atoms with Crippen molar-refractivity contribution in [3.8, 4) is 0 Å². The van der Waals surface area contributed by atoms with Crippen LogP contribution in [0.25, 0.3) is 0 Å². The number of carbonyl (C=O) groups excluding carboxylic acids is 1. The largest absolute Gasteiger partial charge is 0.305 e. The Balaban J connectivity index is 2.57. The summed E-state index contributed by atoms with van der Waals surface area (Å²) in [5, 5.41) is 2.95. The highest BCUT2D eigenvalue weighted by Crippen LogP contribution is 2.45. The van der Waals surface area contributed by atoms with Crippen LogP contribution in [0.5, 0.6) is 0 Å². The molecule has 0 aromatic heterocycles. The van der Waals surface area contributed by atoms with Gasteiger partial charge in [-0.05, 0) is 13.8 Å². The van der Waals surface area contributed by atoms with Gasteiger partial charge < -0.3 is 10.1 Å². The molecule has 1 atom stereocenters. The van der Waals surface area contributed by atoms with Gasteiger partial charge in [-0.3, -0.25) is 13.3 Å². The lowest BCUT2D eigenvalue weighted by Crippen LogP contribution is -2.52. The van der Waals surface area contributed by atoms with Crippen LogP contribution in [0.3, 0.4) is 0 Å². The predicted molar refractivity (Wildman–Crippen MR) is 58.5 cm³/mol. The Morgan fingerprint density at radius 3 is 2.80 bits per heavy atom. The number of aldehydes is 1. The standard InChI is InChI=1S/C8H18N2O4S/c1-7(2)14-15(12,13)10-4-3-9-8(5-10)6-11/h6-9,12-13H,3-5H2,1-2H3. The maximum Gasteiger partial charge on any atom is 0.158 e. The topological polar surface area (TPSA) is 82.0 Å². The summed E-state index contributed by atoms with van der Waals surface area (Å²) in [6.45, 7) is 4.72. The van der Waals surface area contributed by atoms with E-state index in [0.717, 1.165) is 6.29 Å². The van der Waals surface area contributed by atoms with Crippen molar-refractivity contribution in [2.24, 2.45) is 0 Å². The summed E-state index contributed by atoms with van der Waals surface area (Å²) < 4.78 is 25.9. The van der Waals surface area contributed by atoms with Crippen molar-refractivity contribution in [2.45, 2.75) is 26.0 Å². The van der Waals surface area contributed by atoms with E-state index in [0.29, 0.717) is 13.1 Å². The van der Waals surface area contributed by atoms with Gasteiger partial charge in [0.15, 0.2) is 11.1 Å². The maximum atomic E-state index is 10.6. The van der Waals surface area contributed by atoms with Gasteiger partial charge in [-0.2, -0.15) is 0 Å². The number of hydrogen-bond donors (Lipinski definition) is 3. The van der Waals surface area contributed by atoms with E-state index < -0.39 is 11.1 Å². The first kappa shape index (κ1) is 12.9. The average molecular weight is 238 g/mol. The molecule has 1 heterocycles. The molecule has 1 saturated heterocycles. The second kappa shape index (κ2) is 5.24. The molecule has 1 unspecified atom stereocenters. The lowest BCUT2D eigenvalue weighted by atomic mass is 10.3. The highest BCUT2D eigenvalue weighted by atomic mass is 32.3. The molecule has 0 spiro atoms. The lowest BCUT2D eigenvalue weighted by molar-refractivity contribution is -0.110. The van der Waals surface area contributed by atoms with Crippen LogP contribution in [-0.2, 0) is 8.98 Å². The Morgan fingerprint density at radius 1 is 1.60 bits per heavy atom. The molecule has 0 amide bonds. The molecule has 7 heteroatoms. The SMILES string of the molecule is CC(C)OS(O)(O)N1CCNC(C=O)C1. The van der Waals surface area contributed by atoms with Crippen molar-refractivity contribution < 1.29 is 18.1 Å². The van der Waals surface area contributed by atoms with Crippen molar-refractivity contribution in [2.75, 3.05) is 19.6 Å². The second-order valence-corrected chi connectivity index (χ2v) is 5.34. The molecule has 1 fully saturated rings. The van der Waals surface area contributed by atoms with E-state index in [2.05, 4.69) is 5.32 Å². The van der Waals surface area contributed by atoms with E-state index in [9.17, 15) is 13.9 Å². The van der Waals surface area contributed by atoms with Gasteiger partial charge in [-0.15, -0.1) is 0 Å².